The summed E-state index contributed by atoms with van der Waals surface area (Å²) in [6, 6.07) is 24.1. The monoisotopic (exact) mass is 461 g/mol. The summed E-state index contributed by atoms with van der Waals surface area (Å²) in [5, 5.41) is 9.36. The SMILES string of the molecule is C[C@@H](CO)CN(Cc1cccc(C(F)(F)F)c1Cl)CC(c1ccccc1)c1ccccc1. The van der Waals surface area contributed by atoms with Gasteiger partial charge in [-0.1, -0.05) is 91.3 Å². The van der Waals surface area contributed by atoms with E-state index in [0.717, 1.165) is 17.2 Å². The lowest BCUT2D eigenvalue weighted by molar-refractivity contribution is -0.137. The van der Waals surface area contributed by atoms with E-state index in [-0.39, 0.29) is 30.0 Å². The summed E-state index contributed by atoms with van der Waals surface area (Å²) in [7, 11) is 0. The molecule has 0 bridgehead atoms. The fourth-order valence-corrected chi connectivity index (χ4v) is 4.19. The van der Waals surface area contributed by atoms with Crippen molar-refractivity contribution in [1.29, 1.82) is 0 Å². The fraction of sp³-hybridized carbons (Fsp3) is 0.308. The minimum atomic E-state index is -4.51. The number of aliphatic hydroxyl groups excluding tert-OH is 1. The number of halogens is 4. The molecule has 0 spiro atoms. The molecule has 0 amide bonds. The number of hydrogen-bond acceptors (Lipinski definition) is 2. The molecule has 0 heterocycles. The third-order valence-corrected chi connectivity index (χ3v) is 5.95. The van der Waals surface area contributed by atoms with Crippen molar-refractivity contribution < 1.29 is 18.3 Å². The quantitative estimate of drug-likeness (QED) is 0.387. The first-order valence-electron chi connectivity index (χ1n) is 10.6. The predicted molar refractivity (Wildman–Crippen MR) is 123 cm³/mol. The highest BCUT2D eigenvalue weighted by Gasteiger charge is 2.34. The Morgan fingerprint density at radius 2 is 1.41 bits per heavy atom. The molecule has 32 heavy (non-hydrogen) atoms. The van der Waals surface area contributed by atoms with E-state index in [1.54, 1.807) is 6.07 Å². The highest BCUT2D eigenvalue weighted by molar-refractivity contribution is 6.32. The summed E-state index contributed by atoms with van der Waals surface area (Å²) in [5.41, 5.74) is 1.84. The number of benzene rings is 3. The summed E-state index contributed by atoms with van der Waals surface area (Å²) < 4.78 is 40.1. The van der Waals surface area contributed by atoms with Crippen LogP contribution in [0.15, 0.2) is 78.9 Å². The minimum Gasteiger partial charge on any atom is -0.396 e. The molecule has 6 heteroatoms. The smallest absolute Gasteiger partial charge is 0.396 e. The second-order valence-corrected chi connectivity index (χ2v) is 8.51. The maximum Gasteiger partial charge on any atom is 0.417 e. The van der Waals surface area contributed by atoms with Crippen LogP contribution in [0.5, 0.6) is 0 Å². The van der Waals surface area contributed by atoms with E-state index in [2.05, 4.69) is 29.2 Å². The van der Waals surface area contributed by atoms with Gasteiger partial charge in [-0.2, -0.15) is 13.2 Å². The van der Waals surface area contributed by atoms with Gasteiger partial charge < -0.3 is 5.11 Å². The first-order chi connectivity index (χ1) is 15.3. The van der Waals surface area contributed by atoms with Crippen LogP contribution in [-0.2, 0) is 12.7 Å². The number of rotatable bonds is 9. The number of hydrogen-bond donors (Lipinski definition) is 1. The van der Waals surface area contributed by atoms with Crippen molar-refractivity contribution >= 4 is 11.6 Å². The largest absolute Gasteiger partial charge is 0.417 e. The van der Waals surface area contributed by atoms with Gasteiger partial charge in [0.05, 0.1) is 10.6 Å². The second kappa shape index (κ2) is 11.0. The highest BCUT2D eigenvalue weighted by Crippen LogP contribution is 2.37. The topological polar surface area (TPSA) is 23.5 Å². The normalized spacial score (nSPS) is 13.0. The Bertz CT molecular complexity index is 940. The maximum absolute atomic E-state index is 13.4. The van der Waals surface area contributed by atoms with Crippen molar-refractivity contribution in [2.45, 2.75) is 25.6 Å². The maximum atomic E-state index is 13.4. The second-order valence-electron chi connectivity index (χ2n) is 8.13. The molecule has 0 radical (unpaired) electrons. The average molecular weight is 462 g/mol. The van der Waals surface area contributed by atoms with E-state index in [9.17, 15) is 18.3 Å². The summed E-state index contributed by atoms with van der Waals surface area (Å²) in [4.78, 5) is 2.08. The standard InChI is InChI=1S/C26H27ClF3NO/c1-19(18-32)15-31(16-22-13-8-14-24(25(22)27)26(28,29)30)17-23(20-9-4-2-5-10-20)21-11-6-3-7-12-21/h2-14,19,23,32H,15-18H2,1H3/t19-/m1/s1. The summed E-state index contributed by atoms with van der Waals surface area (Å²) in [5.74, 6) is -0.0142. The van der Waals surface area contributed by atoms with E-state index in [1.807, 2.05) is 43.3 Å². The van der Waals surface area contributed by atoms with Gasteiger partial charge in [-0.15, -0.1) is 0 Å². The van der Waals surface area contributed by atoms with Gasteiger partial charge in [-0.25, -0.2) is 0 Å². The van der Waals surface area contributed by atoms with Crippen LogP contribution in [0.4, 0.5) is 13.2 Å². The van der Waals surface area contributed by atoms with Crippen molar-refractivity contribution in [1.82, 2.24) is 4.90 Å². The van der Waals surface area contributed by atoms with Gasteiger partial charge in [-0.3, -0.25) is 4.90 Å². The first-order valence-corrected chi connectivity index (χ1v) is 10.9. The van der Waals surface area contributed by atoms with E-state index in [0.29, 0.717) is 18.7 Å². The van der Waals surface area contributed by atoms with Crippen LogP contribution in [0.1, 0.15) is 35.1 Å². The van der Waals surface area contributed by atoms with Gasteiger partial charge in [0.2, 0.25) is 0 Å². The summed E-state index contributed by atoms with van der Waals surface area (Å²) in [6.07, 6.45) is -4.51. The van der Waals surface area contributed by atoms with Crippen LogP contribution in [0, 0.1) is 5.92 Å². The van der Waals surface area contributed by atoms with Gasteiger partial charge in [0.1, 0.15) is 0 Å². The van der Waals surface area contributed by atoms with Crippen LogP contribution < -0.4 is 0 Å². The molecule has 3 aromatic carbocycles. The molecule has 3 aromatic rings. The van der Waals surface area contributed by atoms with Crippen molar-refractivity contribution in [3.05, 3.63) is 106 Å². The van der Waals surface area contributed by atoms with Gasteiger partial charge in [0.25, 0.3) is 0 Å². The molecule has 1 N–H and O–H groups in total. The van der Waals surface area contributed by atoms with Gasteiger partial charge >= 0.3 is 6.18 Å². The molecular weight excluding hydrogens is 435 g/mol. The van der Waals surface area contributed by atoms with Crippen LogP contribution in [-0.4, -0.2) is 29.7 Å². The van der Waals surface area contributed by atoms with E-state index < -0.39 is 11.7 Å². The molecule has 3 rings (SSSR count). The number of nitrogens with zero attached hydrogens (tertiary/aromatic N) is 1. The molecule has 2 nitrogen and oxygen atoms in total. The Hall–Kier alpha value is -2.34. The zero-order chi connectivity index (χ0) is 23.1. The zero-order valence-electron chi connectivity index (χ0n) is 17.9. The Morgan fingerprint density at radius 1 is 0.844 bits per heavy atom. The van der Waals surface area contributed by atoms with Crippen molar-refractivity contribution in [2.75, 3.05) is 19.7 Å². The molecule has 170 valence electrons. The van der Waals surface area contributed by atoms with Crippen LogP contribution >= 0.6 is 11.6 Å². The van der Waals surface area contributed by atoms with Crippen LogP contribution in [0.3, 0.4) is 0 Å². The highest BCUT2D eigenvalue weighted by atomic mass is 35.5. The van der Waals surface area contributed by atoms with Crippen molar-refractivity contribution in [3.63, 3.8) is 0 Å². The third kappa shape index (κ3) is 6.35. The van der Waals surface area contributed by atoms with Crippen LogP contribution in [0.25, 0.3) is 0 Å². The number of alkyl halides is 3. The molecular formula is C26H27ClF3NO. The minimum absolute atomic E-state index is 0.00579. The predicted octanol–water partition coefficient (Wildman–Crippen LogP) is 6.62. The van der Waals surface area contributed by atoms with Crippen molar-refractivity contribution in [3.8, 4) is 0 Å². The molecule has 0 unspecified atom stereocenters. The lowest BCUT2D eigenvalue weighted by atomic mass is 9.90. The molecule has 0 aliphatic heterocycles. The molecule has 0 fully saturated rings. The lowest BCUT2D eigenvalue weighted by Gasteiger charge is -2.30. The van der Waals surface area contributed by atoms with E-state index in [1.165, 1.54) is 6.07 Å². The molecule has 0 aliphatic carbocycles. The lowest BCUT2D eigenvalue weighted by Crippen LogP contribution is -2.34. The van der Waals surface area contributed by atoms with Gasteiger partial charge in [-0.05, 0) is 28.7 Å². The zero-order valence-corrected chi connectivity index (χ0v) is 18.7. The molecule has 0 aromatic heterocycles. The molecule has 0 aliphatic rings. The summed E-state index contributed by atoms with van der Waals surface area (Å²) >= 11 is 6.18. The Labute approximate surface area is 192 Å². The Morgan fingerprint density at radius 3 is 1.91 bits per heavy atom. The first kappa shape index (κ1) is 24.3. The van der Waals surface area contributed by atoms with E-state index >= 15 is 0 Å². The van der Waals surface area contributed by atoms with Gasteiger partial charge in [0, 0.05) is 32.2 Å². The third-order valence-electron chi connectivity index (χ3n) is 5.50. The average Bonchev–Trinajstić information content (AvgIpc) is 2.79. The summed E-state index contributed by atoms with van der Waals surface area (Å²) in [6.45, 7) is 3.27. The number of aliphatic hydroxyl groups is 1. The molecule has 0 saturated carbocycles. The molecule has 0 saturated heterocycles. The van der Waals surface area contributed by atoms with Gasteiger partial charge in [0.15, 0.2) is 0 Å². The van der Waals surface area contributed by atoms with Crippen LogP contribution in [0.2, 0.25) is 5.02 Å². The van der Waals surface area contributed by atoms with Crippen molar-refractivity contribution in [2.24, 2.45) is 5.92 Å². The molecule has 1 atom stereocenters. The fourth-order valence-electron chi connectivity index (χ4n) is 3.90. The Kier molecular flexibility index (Phi) is 8.35. The Balaban J connectivity index is 1.95. The van der Waals surface area contributed by atoms with E-state index in [4.69, 9.17) is 11.6 Å².